The normalized spacial score (nSPS) is 13.3. The first-order valence-corrected chi connectivity index (χ1v) is 11.4. The molecule has 30 heavy (non-hydrogen) atoms. The van der Waals surface area contributed by atoms with E-state index in [1.54, 1.807) is 24.0 Å². The third kappa shape index (κ3) is 2.98. The number of rotatable bonds is 3. The van der Waals surface area contributed by atoms with Crippen LogP contribution in [0, 0.1) is 0 Å². The first-order valence-electron chi connectivity index (χ1n) is 9.35. The van der Waals surface area contributed by atoms with E-state index in [0.29, 0.717) is 17.6 Å². The Morgan fingerprint density at radius 1 is 1.17 bits per heavy atom. The molecule has 4 aromatic rings. The Labute approximate surface area is 172 Å². The van der Waals surface area contributed by atoms with Crippen molar-refractivity contribution in [2.75, 3.05) is 11.2 Å². The molecule has 0 unspecified atom stereocenters. The number of aryl methyl sites for hydroxylation is 1. The number of hydrogen-bond donors (Lipinski definition) is 1. The first-order chi connectivity index (χ1) is 14.3. The molecule has 8 nitrogen and oxygen atoms in total. The molecule has 0 spiro atoms. The lowest BCUT2D eigenvalue weighted by atomic mass is 9.99. The van der Waals surface area contributed by atoms with Crippen LogP contribution in [0.1, 0.15) is 11.1 Å². The standard InChI is InChI=1S/C21H19N5O3S/c1-25-10-17-16-5-13(11-30(2,28)29)3-4-18(16)26(15-7-22-12-23-8-15)9-14-6-24-20(19(14)17)21(25)27/h3-8,10,12,24H,9,11H2,1-2H3. The van der Waals surface area contributed by atoms with E-state index in [9.17, 15) is 13.2 Å². The highest BCUT2D eigenvalue weighted by Crippen LogP contribution is 2.43. The molecule has 0 saturated carbocycles. The summed E-state index contributed by atoms with van der Waals surface area (Å²) in [7, 11) is -1.48. The zero-order chi connectivity index (χ0) is 21.0. The second kappa shape index (κ2) is 6.53. The van der Waals surface area contributed by atoms with Crippen molar-refractivity contribution in [3.63, 3.8) is 0 Å². The fourth-order valence-electron chi connectivity index (χ4n) is 4.11. The van der Waals surface area contributed by atoms with E-state index in [-0.39, 0.29) is 11.3 Å². The average Bonchev–Trinajstić information content (AvgIpc) is 3.07. The van der Waals surface area contributed by atoms with E-state index < -0.39 is 9.84 Å². The number of pyridine rings is 1. The maximum atomic E-state index is 12.7. The van der Waals surface area contributed by atoms with Gasteiger partial charge in [-0.3, -0.25) is 4.79 Å². The lowest BCUT2D eigenvalue weighted by Crippen LogP contribution is -2.17. The highest BCUT2D eigenvalue weighted by atomic mass is 32.2. The Kier molecular flexibility index (Phi) is 4.04. The van der Waals surface area contributed by atoms with Gasteiger partial charge in [0.15, 0.2) is 9.84 Å². The van der Waals surface area contributed by atoms with Gasteiger partial charge in [0.25, 0.3) is 5.56 Å². The summed E-state index contributed by atoms with van der Waals surface area (Å²) in [6.07, 6.45) is 9.84. The lowest BCUT2D eigenvalue weighted by molar-refractivity contribution is 0.601. The summed E-state index contributed by atoms with van der Waals surface area (Å²) in [4.78, 5) is 26.2. The smallest absolute Gasteiger partial charge is 0.274 e. The van der Waals surface area contributed by atoms with Gasteiger partial charge < -0.3 is 14.5 Å². The molecule has 0 bridgehead atoms. The first kappa shape index (κ1) is 18.6. The number of nitrogens with one attached hydrogen (secondary N) is 1. The lowest BCUT2D eigenvalue weighted by Gasteiger charge is -2.25. The number of aromatic nitrogens is 4. The van der Waals surface area contributed by atoms with Crippen LogP contribution in [0.25, 0.3) is 22.0 Å². The summed E-state index contributed by atoms with van der Waals surface area (Å²) >= 11 is 0. The van der Waals surface area contributed by atoms with Gasteiger partial charge in [-0.1, -0.05) is 6.07 Å². The predicted octanol–water partition coefficient (Wildman–Crippen LogP) is 2.52. The Morgan fingerprint density at radius 3 is 2.67 bits per heavy atom. The molecular weight excluding hydrogens is 402 g/mol. The van der Waals surface area contributed by atoms with Crippen LogP contribution in [-0.4, -0.2) is 34.2 Å². The Hall–Kier alpha value is -3.46. The second-order valence-electron chi connectivity index (χ2n) is 7.63. The molecule has 0 atom stereocenters. The maximum absolute atomic E-state index is 12.7. The number of benzene rings is 1. The Bertz CT molecular complexity index is 1460. The van der Waals surface area contributed by atoms with Crippen LogP contribution in [0.5, 0.6) is 0 Å². The van der Waals surface area contributed by atoms with Crippen LogP contribution in [-0.2, 0) is 29.2 Å². The predicted molar refractivity (Wildman–Crippen MR) is 115 cm³/mol. The van der Waals surface area contributed by atoms with Gasteiger partial charge in [-0.05, 0) is 23.3 Å². The van der Waals surface area contributed by atoms with E-state index in [4.69, 9.17) is 0 Å². The minimum Gasteiger partial charge on any atom is -0.356 e. The third-order valence-electron chi connectivity index (χ3n) is 5.35. The molecule has 0 radical (unpaired) electrons. The van der Waals surface area contributed by atoms with Crippen LogP contribution in [0.4, 0.5) is 11.4 Å². The van der Waals surface area contributed by atoms with Crippen molar-refractivity contribution in [1.82, 2.24) is 19.5 Å². The molecule has 1 aliphatic heterocycles. The van der Waals surface area contributed by atoms with Crippen LogP contribution in [0.2, 0.25) is 0 Å². The van der Waals surface area contributed by atoms with Gasteiger partial charge in [-0.25, -0.2) is 18.4 Å². The molecule has 9 heteroatoms. The molecule has 5 rings (SSSR count). The van der Waals surface area contributed by atoms with E-state index >= 15 is 0 Å². The van der Waals surface area contributed by atoms with E-state index in [1.807, 2.05) is 30.6 Å². The zero-order valence-electron chi connectivity index (χ0n) is 16.5. The molecular formula is C21H19N5O3S. The van der Waals surface area contributed by atoms with Gasteiger partial charge in [0.1, 0.15) is 11.8 Å². The summed E-state index contributed by atoms with van der Waals surface area (Å²) < 4.78 is 25.3. The minimum atomic E-state index is -3.19. The van der Waals surface area contributed by atoms with Crippen molar-refractivity contribution < 1.29 is 8.42 Å². The summed E-state index contributed by atoms with van der Waals surface area (Å²) in [6.45, 7) is 0.520. The Morgan fingerprint density at radius 2 is 1.93 bits per heavy atom. The number of hydrogen-bond acceptors (Lipinski definition) is 6. The fraction of sp³-hybridized carbons (Fsp3) is 0.190. The molecule has 0 amide bonds. The number of fused-ring (bicyclic) bond motifs is 2. The molecule has 0 fully saturated rings. The van der Waals surface area contributed by atoms with Gasteiger partial charge in [0, 0.05) is 47.9 Å². The van der Waals surface area contributed by atoms with Crippen LogP contribution < -0.4 is 10.5 Å². The molecule has 1 aromatic carbocycles. The summed E-state index contributed by atoms with van der Waals surface area (Å²) in [5, 5.41) is 0.857. The van der Waals surface area contributed by atoms with E-state index in [0.717, 1.165) is 33.5 Å². The van der Waals surface area contributed by atoms with Crippen LogP contribution >= 0.6 is 0 Å². The zero-order valence-corrected chi connectivity index (χ0v) is 17.3. The number of sulfone groups is 1. The summed E-state index contributed by atoms with van der Waals surface area (Å²) in [6, 6.07) is 5.65. The molecule has 152 valence electrons. The van der Waals surface area contributed by atoms with Crippen LogP contribution in [0.15, 0.2) is 54.1 Å². The van der Waals surface area contributed by atoms with E-state index in [2.05, 4.69) is 19.9 Å². The molecule has 0 saturated heterocycles. The number of aromatic amines is 1. The highest BCUT2D eigenvalue weighted by molar-refractivity contribution is 7.89. The van der Waals surface area contributed by atoms with E-state index in [1.165, 1.54) is 12.6 Å². The topological polar surface area (TPSA) is 101 Å². The van der Waals surface area contributed by atoms with Crippen molar-refractivity contribution >= 4 is 32.1 Å². The average molecular weight is 421 g/mol. The third-order valence-corrected chi connectivity index (χ3v) is 6.20. The number of anilines is 2. The quantitative estimate of drug-likeness (QED) is 0.546. The van der Waals surface area contributed by atoms with Crippen molar-refractivity contribution in [2.45, 2.75) is 12.3 Å². The fourth-order valence-corrected chi connectivity index (χ4v) is 4.89. The van der Waals surface area contributed by atoms with Crippen molar-refractivity contribution in [3.05, 3.63) is 70.8 Å². The summed E-state index contributed by atoms with van der Waals surface area (Å²) in [5.41, 5.74) is 5.55. The van der Waals surface area contributed by atoms with Crippen molar-refractivity contribution in [1.29, 1.82) is 0 Å². The largest absolute Gasteiger partial charge is 0.356 e. The molecule has 4 heterocycles. The van der Waals surface area contributed by atoms with Gasteiger partial charge in [-0.15, -0.1) is 0 Å². The van der Waals surface area contributed by atoms with Gasteiger partial charge in [-0.2, -0.15) is 0 Å². The molecule has 0 aliphatic carbocycles. The molecule has 1 aliphatic rings. The monoisotopic (exact) mass is 421 g/mol. The second-order valence-corrected chi connectivity index (χ2v) is 9.77. The van der Waals surface area contributed by atoms with Gasteiger partial charge in [0.05, 0.1) is 30.4 Å². The van der Waals surface area contributed by atoms with Crippen molar-refractivity contribution in [3.8, 4) is 11.1 Å². The minimum absolute atomic E-state index is 0.0520. The van der Waals surface area contributed by atoms with Gasteiger partial charge in [0.2, 0.25) is 0 Å². The number of nitrogens with zero attached hydrogens (tertiary/aromatic N) is 4. The Balaban J connectivity index is 1.84. The van der Waals surface area contributed by atoms with Gasteiger partial charge >= 0.3 is 0 Å². The SMILES string of the molecule is Cn1cc2c3c(c[nH]c3c1=O)CN(c1cncnc1)c1ccc(CS(C)(=O)=O)cc1-2. The van der Waals surface area contributed by atoms with Crippen LogP contribution in [0.3, 0.4) is 0 Å². The van der Waals surface area contributed by atoms with Crippen molar-refractivity contribution in [2.24, 2.45) is 7.05 Å². The molecule has 3 aromatic heterocycles. The maximum Gasteiger partial charge on any atom is 0.274 e. The molecule has 1 N–H and O–H groups in total. The highest BCUT2D eigenvalue weighted by Gasteiger charge is 2.26. The summed E-state index contributed by atoms with van der Waals surface area (Å²) in [5.74, 6) is -0.0520. The number of H-pyrrole nitrogens is 1.